The third-order valence-corrected chi connectivity index (χ3v) is 4.28. The summed E-state index contributed by atoms with van der Waals surface area (Å²) in [6, 6.07) is 8.71. The highest BCUT2D eigenvalue weighted by molar-refractivity contribution is 9.10. The van der Waals surface area contributed by atoms with Crippen LogP contribution in [0.25, 0.3) is 0 Å². The number of para-hydroxylation sites is 1. The number of carboxylic acids is 1. The first-order valence-corrected chi connectivity index (χ1v) is 6.85. The summed E-state index contributed by atoms with van der Waals surface area (Å²) in [5.74, 6) is -1.01. The molecular weight excluding hydrogens is 320 g/mol. The first-order valence-electron chi connectivity index (χ1n) is 6.05. The molecule has 104 valence electrons. The number of anilines is 3. The van der Waals surface area contributed by atoms with Crippen molar-refractivity contribution in [2.45, 2.75) is 13.8 Å². The SMILES string of the molecule is Cc1cc(Nc2c(N)cccc2C(=O)O)cc(C)c1Br. The molecule has 4 N–H and O–H groups in total. The van der Waals surface area contributed by atoms with E-state index in [9.17, 15) is 9.90 Å². The number of carboxylic acid groups (broad SMARTS) is 1. The van der Waals surface area contributed by atoms with Gasteiger partial charge in [0.2, 0.25) is 0 Å². The van der Waals surface area contributed by atoms with Gasteiger partial charge in [0.15, 0.2) is 0 Å². The van der Waals surface area contributed by atoms with Gasteiger partial charge in [0.1, 0.15) is 0 Å². The molecule has 0 spiro atoms. The van der Waals surface area contributed by atoms with Crippen molar-refractivity contribution < 1.29 is 9.90 Å². The van der Waals surface area contributed by atoms with Crippen LogP contribution in [0, 0.1) is 13.8 Å². The lowest BCUT2D eigenvalue weighted by molar-refractivity contribution is 0.0698. The molecule has 0 atom stereocenters. The Labute approximate surface area is 125 Å². The van der Waals surface area contributed by atoms with Gasteiger partial charge in [-0.05, 0) is 49.2 Å². The molecule has 0 aliphatic rings. The summed E-state index contributed by atoms with van der Waals surface area (Å²) in [7, 11) is 0. The summed E-state index contributed by atoms with van der Waals surface area (Å²) in [5, 5.41) is 12.3. The van der Waals surface area contributed by atoms with E-state index < -0.39 is 5.97 Å². The maximum atomic E-state index is 11.2. The van der Waals surface area contributed by atoms with Crippen LogP contribution in [0.5, 0.6) is 0 Å². The van der Waals surface area contributed by atoms with Gasteiger partial charge in [-0.1, -0.05) is 22.0 Å². The van der Waals surface area contributed by atoms with Crippen molar-refractivity contribution in [2.24, 2.45) is 0 Å². The number of rotatable bonds is 3. The number of carbonyl (C=O) groups is 1. The van der Waals surface area contributed by atoms with Gasteiger partial charge in [-0.2, -0.15) is 0 Å². The largest absolute Gasteiger partial charge is 0.478 e. The van der Waals surface area contributed by atoms with Gasteiger partial charge in [0, 0.05) is 10.2 Å². The Bertz CT molecular complexity index is 661. The van der Waals surface area contributed by atoms with E-state index in [1.165, 1.54) is 6.07 Å². The Hall–Kier alpha value is -2.01. The van der Waals surface area contributed by atoms with Gasteiger partial charge in [-0.3, -0.25) is 0 Å². The maximum Gasteiger partial charge on any atom is 0.337 e. The molecule has 4 nitrogen and oxygen atoms in total. The van der Waals surface area contributed by atoms with Gasteiger partial charge in [-0.25, -0.2) is 4.79 Å². The normalized spacial score (nSPS) is 10.3. The summed E-state index contributed by atoms with van der Waals surface area (Å²) in [5.41, 5.74) is 9.80. The second kappa shape index (κ2) is 5.54. The van der Waals surface area contributed by atoms with Crippen molar-refractivity contribution in [1.29, 1.82) is 0 Å². The number of hydrogen-bond acceptors (Lipinski definition) is 3. The van der Waals surface area contributed by atoms with Crippen molar-refractivity contribution in [2.75, 3.05) is 11.1 Å². The fourth-order valence-electron chi connectivity index (χ4n) is 2.05. The summed E-state index contributed by atoms with van der Waals surface area (Å²) in [4.78, 5) is 11.2. The summed E-state index contributed by atoms with van der Waals surface area (Å²) in [6.07, 6.45) is 0. The van der Waals surface area contributed by atoms with Crippen LogP contribution < -0.4 is 11.1 Å². The fraction of sp³-hybridized carbons (Fsp3) is 0.133. The third-order valence-electron chi connectivity index (χ3n) is 3.03. The number of benzene rings is 2. The molecule has 2 aromatic carbocycles. The summed E-state index contributed by atoms with van der Waals surface area (Å²) in [6.45, 7) is 3.96. The monoisotopic (exact) mass is 334 g/mol. The lowest BCUT2D eigenvalue weighted by Gasteiger charge is -2.14. The minimum atomic E-state index is -1.01. The van der Waals surface area contributed by atoms with Crippen LogP contribution >= 0.6 is 15.9 Å². The molecular formula is C15H15BrN2O2. The second-order valence-electron chi connectivity index (χ2n) is 4.62. The molecule has 0 bridgehead atoms. The van der Waals surface area contributed by atoms with Crippen molar-refractivity contribution in [3.63, 3.8) is 0 Å². The van der Waals surface area contributed by atoms with E-state index in [1.807, 2.05) is 26.0 Å². The smallest absolute Gasteiger partial charge is 0.337 e. The average Bonchev–Trinajstić information content (AvgIpc) is 2.38. The number of halogens is 1. The van der Waals surface area contributed by atoms with Gasteiger partial charge in [0.05, 0.1) is 16.9 Å². The van der Waals surface area contributed by atoms with Gasteiger partial charge < -0.3 is 16.2 Å². The third kappa shape index (κ3) is 2.77. The molecule has 0 aromatic heterocycles. The van der Waals surface area contributed by atoms with Crippen LogP contribution in [0.2, 0.25) is 0 Å². The van der Waals surface area contributed by atoms with E-state index in [4.69, 9.17) is 5.73 Å². The van der Waals surface area contributed by atoms with Crippen LogP contribution in [0.3, 0.4) is 0 Å². The number of nitrogens with one attached hydrogen (secondary N) is 1. The van der Waals surface area contributed by atoms with E-state index in [-0.39, 0.29) is 5.56 Å². The van der Waals surface area contributed by atoms with Crippen LogP contribution in [0.15, 0.2) is 34.8 Å². The molecule has 0 aliphatic carbocycles. The quantitative estimate of drug-likeness (QED) is 0.739. The number of aryl methyl sites for hydroxylation is 2. The van der Waals surface area contributed by atoms with Gasteiger partial charge in [-0.15, -0.1) is 0 Å². The van der Waals surface area contributed by atoms with Gasteiger partial charge in [0.25, 0.3) is 0 Å². The molecule has 0 heterocycles. The van der Waals surface area contributed by atoms with Crippen LogP contribution in [-0.2, 0) is 0 Å². The standard InChI is InChI=1S/C15H15BrN2O2/c1-8-6-10(7-9(2)13(8)16)18-14-11(15(19)20)4-3-5-12(14)17/h3-7,18H,17H2,1-2H3,(H,19,20). The Morgan fingerprint density at radius 3 is 2.40 bits per heavy atom. The van der Waals surface area contributed by atoms with Crippen LogP contribution in [0.1, 0.15) is 21.5 Å². The van der Waals surface area contributed by atoms with Crippen molar-refractivity contribution in [3.05, 3.63) is 51.5 Å². The zero-order valence-electron chi connectivity index (χ0n) is 11.2. The molecule has 0 amide bonds. The number of hydrogen-bond donors (Lipinski definition) is 3. The highest BCUT2D eigenvalue weighted by atomic mass is 79.9. The molecule has 2 rings (SSSR count). The van der Waals surface area contributed by atoms with Crippen molar-refractivity contribution in [1.82, 2.24) is 0 Å². The molecule has 0 radical (unpaired) electrons. The number of nitrogens with two attached hydrogens (primary N) is 1. The molecule has 0 aliphatic heterocycles. The zero-order chi connectivity index (χ0) is 14.9. The molecule has 0 saturated heterocycles. The lowest BCUT2D eigenvalue weighted by atomic mass is 10.1. The molecule has 0 saturated carbocycles. The molecule has 0 fully saturated rings. The Morgan fingerprint density at radius 1 is 1.25 bits per heavy atom. The predicted molar refractivity (Wildman–Crippen MR) is 84.7 cm³/mol. The fourth-order valence-corrected chi connectivity index (χ4v) is 2.28. The summed E-state index contributed by atoms with van der Waals surface area (Å²) < 4.78 is 1.04. The number of aromatic carboxylic acids is 1. The molecule has 20 heavy (non-hydrogen) atoms. The number of nitrogen functional groups attached to an aromatic ring is 1. The van der Waals surface area contributed by atoms with E-state index in [0.29, 0.717) is 11.4 Å². The highest BCUT2D eigenvalue weighted by Crippen LogP contribution is 2.31. The molecule has 0 unspecified atom stereocenters. The van der Waals surface area contributed by atoms with Crippen LogP contribution in [0.4, 0.5) is 17.1 Å². The zero-order valence-corrected chi connectivity index (χ0v) is 12.8. The topological polar surface area (TPSA) is 75.3 Å². The Balaban J connectivity index is 2.47. The Morgan fingerprint density at radius 2 is 1.85 bits per heavy atom. The lowest BCUT2D eigenvalue weighted by Crippen LogP contribution is -2.06. The van der Waals surface area contributed by atoms with Crippen molar-refractivity contribution in [3.8, 4) is 0 Å². The van der Waals surface area contributed by atoms with E-state index in [1.54, 1.807) is 12.1 Å². The van der Waals surface area contributed by atoms with Gasteiger partial charge >= 0.3 is 5.97 Å². The summed E-state index contributed by atoms with van der Waals surface area (Å²) >= 11 is 3.50. The van der Waals surface area contributed by atoms with Crippen molar-refractivity contribution >= 4 is 39.0 Å². The predicted octanol–water partition coefficient (Wildman–Crippen LogP) is 4.09. The first-order chi connectivity index (χ1) is 9.40. The molecule has 5 heteroatoms. The minimum Gasteiger partial charge on any atom is -0.478 e. The molecule has 2 aromatic rings. The second-order valence-corrected chi connectivity index (χ2v) is 5.42. The first kappa shape index (κ1) is 14.4. The van der Waals surface area contributed by atoms with E-state index in [2.05, 4.69) is 21.2 Å². The van der Waals surface area contributed by atoms with E-state index in [0.717, 1.165) is 21.3 Å². The minimum absolute atomic E-state index is 0.156. The maximum absolute atomic E-state index is 11.2. The highest BCUT2D eigenvalue weighted by Gasteiger charge is 2.13. The Kier molecular flexibility index (Phi) is 3.99. The van der Waals surface area contributed by atoms with E-state index >= 15 is 0 Å². The average molecular weight is 335 g/mol. The van der Waals surface area contributed by atoms with Crippen LogP contribution in [-0.4, -0.2) is 11.1 Å².